The Morgan fingerprint density at radius 3 is 2.88 bits per heavy atom. The molecule has 0 radical (unpaired) electrons. The number of nitrogens with zero attached hydrogens (tertiary/aromatic N) is 5. The third-order valence-electron chi connectivity index (χ3n) is 4.46. The number of anilines is 1. The molecule has 0 spiro atoms. The first-order valence-corrected chi connectivity index (χ1v) is 9.10. The molecule has 2 aromatic heterocycles. The molecule has 0 fully saturated rings. The van der Waals surface area contributed by atoms with Crippen LogP contribution in [0.4, 0.5) is 5.82 Å². The monoisotopic (exact) mass is 358 g/mol. The van der Waals surface area contributed by atoms with Crippen molar-refractivity contribution in [1.82, 2.24) is 24.6 Å². The Labute approximate surface area is 153 Å². The SMILES string of the molecule is CCOCc1nc2c(c(NCCn3cccn3)n1)CCN(C(C)=O)CC2. The van der Waals surface area contributed by atoms with Crippen LogP contribution in [0.2, 0.25) is 0 Å². The van der Waals surface area contributed by atoms with Gasteiger partial charge in [0.05, 0.1) is 12.2 Å². The number of nitrogens with one attached hydrogen (secondary N) is 1. The molecule has 8 nitrogen and oxygen atoms in total. The van der Waals surface area contributed by atoms with Crippen molar-refractivity contribution in [3.05, 3.63) is 35.5 Å². The highest BCUT2D eigenvalue weighted by molar-refractivity contribution is 5.73. The van der Waals surface area contributed by atoms with Gasteiger partial charge in [-0.1, -0.05) is 0 Å². The lowest BCUT2D eigenvalue weighted by atomic mass is 10.1. The van der Waals surface area contributed by atoms with E-state index in [1.807, 2.05) is 28.8 Å². The minimum atomic E-state index is 0.105. The second-order valence-corrected chi connectivity index (χ2v) is 6.25. The summed E-state index contributed by atoms with van der Waals surface area (Å²) in [6.45, 7) is 7.46. The lowest BCUT2D eigenvalue weighted by molar-refractivity contribution is -0.128. The molecule has 0 bridgehead atoms. The molecule has 0 unspecified atom stereocenters. The Kier molecular flexibility index (Phi) is 6.17. The molecule has 1 aliphatic rings. The van der Waals surface area contributed by atoms with Gasteiger partial charge in [-0.25, -0.2) is 9.97 Å². The minimum Gasteiger partial charge on any atom is -0.374 e. The summed E-state index contributed by atoms with van der Waals surface area (Å²) in [5, 5.41) is 7.65. The average Bonchev–Trinajstić information content (AvgIpc) is 3.04. The Morgan fingerprint density at radius 2 is 2.15 bits per heavy atom. The van der Waals surface area contributed by atoms with Gasteiger partial charge in [-0.05, 0) is 19.4 Å². The van der Waals surface area contributed by atoms with Crippen LogP contribution in [0.3, 0.4) is 0 Å². The Balaban J connectivity index is 1.77. The molecule has 1 N–H and O–H groups in total. The fourth-order valence-electron chi connectivity index (χ4n) is 3.09. The molecule has 0 saturated carbocycles. The van der Waals surface area contributed by atoms with Gasteiger partial charge in [0.15, 0.2) is 5.82 Å². The number of aromatic nitrogens is 4. The van der Waals surface area contributed by atoms with Gasteiger partial charge in [0.2, 0.25) is 5.91 Å². The maximum Gasteiger partial charge on any atom is 0.219 e. The van der Waals surface area contributed by atoms with Crippen molar-refractivity contribution in [2.24, 2.45) is 0 Å². The van der Waals surface area contributed by atoms with Crippen LogP contribution in [0.25, 0.3) is 0 Å². The zero-order chi connectivity index (χ0) is 18.4. The van der Waals surface area contributed by atoms with E-state index in [2.05, 4.69) is 15.4 Å². The third-order valence-corrected chi connectivity index (χ3v) is 4.46. The van der Waals surface area contributed by atoms with Crippen molar-refractivity contribution < 1.29 is 9.53 Å². The first kappa shape index (κ1) is 18.3. The summed E-state index contributed by atoms with van der Waals surface area (Å²) < 4.78 is 7.37. The van der Waals surface area contributed by atoms with E-state index in [0.29, 0.717) is 32.1 Å². The van der Waals surface area contributed by atoms with E-state index in [0.717, 1.165) is 43.0 Å². The molecule has 0 saturated heterocycles. The van der Waals surface area contributed by atoms with E-state index in [9.17, 15) is 4.79 Å². The highest BCUT2D eigenvalue weighted by atomic mass is 16.5. The molecule has 0 aliphatic carbocycles. The van der Waals surface area contributed by atoms with Crippen LogP contribution < -0.4 is 5.32 Å². The van der Waals surface area contributed by atoms with Crippen molar-refractivity contribution in [2.75, 3.05) is 31.6 Å². The summed E-state index contributed by atoms with van der Waals surface area (Å²) in [6.07, 6.45) is 5.21. The van der Waals surface area contributed by atoms with Gasteiger partial charge in [0.25, 0.3) is 0 Å². The van der Waals surface area contributed by atoms with Crippen LogP contribution >= 0.6 is 0 Å². The highest BCUT2D eigenvalue weighted by Gasteiger charge is 2.21. The van der Waals surface area contributed by atoms with Crippen molar-refractivity contribution in [2.45, 2.75) is 39.8 Å². The van der Waals surface area contributed by atoms with Crippen molar-refractivity contribution in [1.29, 1.82) is 0 Å². The number of amides is 1. The van der Waals surface area contributed by atoms with Crippen molar-refractivity contribution in [3.8, 4) is 0 Å². The standard InChI is InChI=1S/C18H26N6O2/c1-3-26-13-17-21-16-6-11-23(14(2)25)10-5-15(16)18(22-17)19-8-12-24-9-4-7-20-24/h4,7,9H,3,5-6,8,10-13H2,1-2H3,(H,19,21,22). The zero-order valence-electron chi connectivity index (χ0n) is 15.4. The highest BCUT2D eigenvalue weighted by Crippen LogP contribution is 2.22. The summed E-state index contributed by atoms with van der Waals surface area (Å²) in [5.41, 5.74) is 2.12. The van der Waals surface area contributed by atoms with Gasteiger partial charge >= 0.3 is 0 Å². The van der Waals surface area contributed by atoms with E-state index >= 15 is 0 Å². The topological polar surface area (TPSA) is 85.2 Å². The third kappa shape index (κ3) is 4.57. The van der Waals surface area contributed by atoms with Crippen molar-refractivity contribution in [3.63, 3.8) is 0 Å². The molecule has 1 aliphatic heterocycles. The average molecular weight is 358 g/mol. The van der Waals surface area contributed by atoms with E-state index in [1.165, 1.54) is 0 Å². The molecule has 3 heterocycles. The molecule has 140 valence electrons. The summed E-state index contributed by atoms with van der Waals surface area (Å²) in [5.74, 6) is 1.64. The van der Waals surface area contributed by atoms with Gasteiger partial charge < -0.3 is 15.0 Å². The van der Waals surface area contributed by atoms with Gasteiger partial charge in [0, 0.05) is 57.5 Å². The van der Waals surface area contributed by atoms with Crippen LogP contribution in [-0.2, 0) is 35.5 Å². The second kappa shape index (κ2) is 8.75. The number of carbonyl (C=O) groups is 1. The number of fused-ring (bicyclic) bond motifs is 1. The summed E-state index contributed by atoms with van der Waals surface area (Å²) in [7, 11) is 0. The zero-order valence-corrected chi connectivity index (χ0v) is 15.4. The number of rotatable bonds is 7. The predicted molar refractivity (Wildman–Crippen MR) is 97.7 cm³/mol. The van der Waals surface area contributed by atoms with Gasteiger partial charge in [0.1, 0.15) is 12.4 Å². The van der Waals surface area contributed by atoms with Crippen LogP contribution in [0, 0.1) is 0 Å². The van der Waals surface area contributed by atoms with Crippen LogP contribution in [0.5, 0.6) is 0 Å². The van der Waals surface area contributed by atoms with Crippen LogP contribution in [0.15, 0.2) is 18.5 Å². The summed E-state index contributed by atoms with van der Waals surface area (Å²) in [4.78, 5) is 23.0. The van der Waals surface area contributed by atoms with Gasteiger partial charge in [-0.15, -0.1) is 0 Å². The number of hydrogen-bond donors (Lipinski definition) is 1. The van der Waals surface area contributed by atoms with E-state index in [-0.39, 0.29) is 5.91 Å². The van der Waals surface area contributed by atoms with Crippen LogP contribution in [-0.4, -0.2) is 56.8 Å². The quantitative estimate of drug-likeness (QED) is 0.802. The molecule has 26 heavy (non-hydrogen) atoms. The number of carbonyl (C=O) groups excluding carboxylic acids is 1. The molecule has 2 aromatic rings. The van der Waals surface area contributed by atoms with Crippen molar-refractivity contribution >= 4 is 11.7 Å². The van der Waals surface area contributed by atoms with Gasteiger partial charge in [-0.2, -0.15) is 5.10 Å². The molecule has 8 heteroatoms. The smallest absolute Gasteiger partial charge is 0.219 e. The Hall–Kier alpha value is -2.48. The fourth-order valence-corrected chi connectivity index (χ4v) is 3.09. The van der Waals surface area contributed by atoms with E-state index < -0.39 is 0 Å². The van der Waals surface area contributed by atoms with E-state index in [4.69, 9.17) is 9.72 Å². The van der Waals surface area contributed by atoms with Gasteiger partial charge in [-0.3, -0.25) is 9.48 Å². The fraction of sp³-hybridized carbons (Fsp3) is 0.556. The maximum atomic E-state index is 11.7. The molecule has 0 aromatic carbocycles. The normalized spacial score (nSPS) is 14.0. The number of ether oxygens (including phenoxy) is 1. The second-order valence-electron chi connectivity index (χ2n) is 6.25. The lowest BCUT2D eigenvalue weighted by Crippen LogP contribution is -2.31. The first-order chi connectivity index (χ1) is 12.7. The number of hydrogen-bond acceptors (Lipinski definition) is 6. The predicted octanol–water partition coefficient (Wildman–Crippen LogP) is 1.27. The minimum absolute atomic E-state index is 0.105. The molecule has 1 amide bonds. The summed E-state index contributed by atoms with van der Waals surface area (Å²) in [6, 6.07) is 1.91. The molecular weight excluding hydrogens is 332 g/mol. The molecular formula is C18H26N6O2. The maximum absolute atomic E-state index is 11.7. The van der Waals surface area contributed by atoms with E-state index in [1.54, 1.807) is 13.1 Å². The lowest BCUT2D eigenvalue weighted by Gasteiger charge is -2.17. The first-order valence-electron chi connectivity index (χ1n) is 9.10. The Morgan fingerprint density at radius 1 is 1.31 bits per heavy atom. The Bertz CT molecular complexity index is 732. The largest absolute Gasteiger partial charge is 0.374 e. The summed E-state index contributed by atoms with van der Waals surface area (Å²) >= 11 is 0. The van der Waals surface area contributed by atoms with Crippen LogP contribution in [0.1, 0.15) is 30.9 Å². The molecule has 0 atom stereocenters. The molecule has 3 rings (SSSR count).